The lowest BCUT2D eigenvalue weighted by molar-refractivity contribution is 0.0831. The molecule has 5 rings (SSSR count). The van der Waals surface area contributed by atoms with Gasteiger partial charge in [0.15, 0.2) is 0 Å². The van der Waals surface area contributed by atoms with Gasteiger partial charge in [-0.15, -0.1) is 23.1 Å². The van der Waals surface area contributed by atoms with Crippen LogP contribution in [0.4, 0.5) is 0 Å². The van der Waals surface area contributed by atoms with Crippen molar-refractivity contribution in [2.24, 2.45) is 0 Å². The molecule has 0 saturated carbocycles. The molecule has 1 saturated heterocycles. The molecule has 1 aliphatic rings. The monoisotopic (exact) mass is 441 g/mol. The van der Waals surface area contributed by atoms with Crippen LogP contribution in [-0.2, 0) is 0 Å². The Labute approximate surface area is 189 Å². The lowest BCUT2D eigenvalue weighted by Crippen LogP contribution is -2.26. The number of hydrogen-bond donors (Lipinski definition) is 0. The molecule has 0 bridgehead atoms. The molecule has 2 aromatic carbocycles. The number of nitrogens with zero attached hydrogens (tertiary/aromatic N) is 3. The van der Waals surface area contributed by atoms with Gasteiger partial charge in [-0.25, -0.2) is 4.98 Å². The highest BCUT2D eigenvalue weighted by atomic mass is 32.2. The molecule has 6 heteroatoms. The molecule has 152 valence electrons. The lowest BCUT2D eigenvalue weighted by Gasteiger charge is -2.17. The van der Waals surface area contributed by atoms with E-state index in [1.807, 2.05) is 77.2 Å². The number of thioether (sulfide) groups is 1. The Balaban J connectivity index is 1.35. The molecule has 3 heterocycles. The Kier molecular flexibility index (Phi) is 5.65. The van der Waals surface area contributed by atoms with Gasteiger partial charge >= 0.3 is 0 Å². The van der Waals surface area contributed by atoms with Crippen LogP contribution in [0.2, 0.25) is 0 Å². The number of hydrogen-bond acceptors (Lipinski definition) is 5. The van der Waals surface area contributed by atoms with Crippen LogP contribution >= 0.6 is 23.1 Å². The molecule has 1 fully saturated rings. The summed E-state index contributed by atoms with van der Waals surface area (Å²) in [5.41, 5.74) is 4.82. The Morgan fingerprint density at radius 1 is 0.935 bits per heavy atom. The molecule has 0 atom stereocenters. The molecule has 4 nitrogen and oxygen atoms in total. The van der Waals surface area contributed by atoms with Crippen molar-refractivity contribution in [2.75, 3.05) is 12.3 Å². The minimum Gasteiger partial charge on any atom is -0.302 e. The zero-order valence-electron chi connectivity index (χ0n) is 16.6. The van der Waals surface area contributed by atoms with Crippen LogP contribution in [-0.4, -0.2) is 33.1 Å². The number of thiazole rings is 1. The van der Waals surface area contributed by atoms with Crippen LogP contribution in [0.3, 0.4) is 0 Å². The van der Waals surface area contributed by atoms with Gasteiger partial charge in [0.05, 0.1) is 10.7 Å². The van der Waals surface area contributed by atoms with Crippen LogP contribution in [0.15, 0.2) is 89.5 Å². The summed E-state index contributed by atoms with van der Waals surface area (Å²) >= 11 is 3.28. The first-order valence-corrected chi connectivity index (χ1v) is 11.8. The average molecular weight is 442 g/mol. The largest absolute Gasteiger partial charge is 0.302 e. The predicted octanol–water partition coefficient (Wildman–Crippen LogP) is 6.06. The van der Waals surface area contributed by atoms with Gasteiger partial charge in [0.1, 0.15) is 5.01 Å². The topological polar surface area (TPSA) is 46.1 Å². The summed E-state index contributed by atoms with van der Waals surface area (Å²) < 4.78 is 0. The maximum atomic E-state index is 13.2. The van der Waals surface area contributed by atoms with Crippen molar-refractivity contribution >= 4 is 35.1 Å². The van der Waals surface area contributed by atoms with E-state index in [9.17, 15) is 4.79 Å². The Bertz CT molecular complexity index is 1220. The summed E-state index contributed by atoms with van der Waals surface area (Å²) in [6, 6.07) is 21.9. The highest BCUT2D eigenvalue weighted by Gasteiger charge is 2.25. The van der Waals surface area contributed by atoms with Crippen LogP contribution in [0.25, 0.3) is 27.8 Å². The van der Waals surface area contributed by atoms with Gasteiger partial charge in [0.2, 0.25) is 0 Å². The molecule has 31 heavy (non-hydrogen) atoms. The van der Waals surface area contributed by atoms with Crippen LogP contribution in [0.1, 0.15) is 16.1 Å². The molecule has 1 amide bonds. The van der Waals surface area contributed by atoms with Gasteiger partial charge in [0.25, 0.3) is 5.91 Å². The van der Waals surface area contributed by atoms with Crippen molar-refractivity contribution in [2.45, 2.75) is 0 Å². The highest BCUT2D eigenvalue weighted by molar-refractivity contribution is 8.03. The Morgan fingerprint density at radius 2 is 1.71 bits per heavy atom. The predicted molar refractivity (Wildman–Crippen MR) is 129 cm³/mol. The first-order chi connectivity index (χ1) is 15.3. The van der Waals surface area contributed by atoms with Gasteiger partial charge < -0.3 is 4.90 Å². The number of amides is 1. The zero-order valence-corrected chi connectivity index (χ0v) is 18.3. The molecule has 0 spiro atoms. The number of carbonyl (C=O) groups is 1. The summed E-state index contributed by atoms with van der Waals surface area (Å²) in [5, 5.41) is 3.89. The molecule has 0 aliphatic carbocycles. The fourth-order valence-corrected chi connectivity index (χ4v) is 5.23. The Hall–Kier alpha value is -3.22. The van der Waals surface area contributed by atoms with Crippen molar-refractivity contribution in [1.29, 1.82) is 0 Å². The summed E-state index contributed by atoms with van der Waals surface area (Å²) in [6.45, 7) is 0.704. The van der Waals surface area contributed by atoms with Crippen LogP contribution in [0.5, 0.6) is 0 Å². The van der Waals surface area contributed by atoms with Crippen LogP contribution in [0, 0.1) is 0 Å². The van der Waals surface area contributed by atoms with E-state index in [-0.39, 0.29) is 5.91 Å². The van der Waals surface area contributed by atoms with E-state index in [4.69, 9.17) is 4.98 Å². The summed E-state index contributed by atoms with van der Waals surface area (Å²) in [4.78, 5) is 23.9. The number of pyridine rings is 1. The molecule has 0 radical (unpaired) electrons. The standard InChI is InChI=1S/C25H19N3OS2/c29-25(20-10-8-19(9-11-20)18-5-2-1-3-6-18)28-13-14-30-23(28)15-22-17-31-24(27-22)21-7-4-12-26-16-21/h1-12,15-17H,13-14H2/b23-15+. The van der Waals surface area contributed by atoms with Gasteiger partial charge in [-0.05, 0) is 41.5 Å². The van der Waals surface area contributed by atoms with Crippen molar-refractivity contribution in [3.8, 4) is 21.7 Å². The number of aromatic nitrogens is 2. The quantitative estimate of drug-likeness (QED) is 0.386. The van der Waals surface area contributed by atoms with Crippen molar-refractivity contribution in [3.05, 3.63) is 101 Å². The normalized spacial score (nSPS) is 14.8. The fourth-order valence-electron chi connectivity index (χ4n) is 3.44. The second-order valence-electron chi connectivity index (χ2n) is 7.05. The first kappa shape index (κ1) is 19.7. The summed E-state index contributed by atoms with van der Waals surface area (Å²) in [5.74, 6) is 0.915. The fraction of sp³-hybridized carbons (Fsp3) is 0.0800. The second kappa shape index (κ2) is 8.88. The number of benzene rings is 2. The third-order valence-corrected chi connectivity index (χ3v) is 6.95. The highest BCUT2D eigenvalue weighted by Crippen LogP contribution is 2.33. The van der Waals surface area contributed by atoms with E-state index in [0.29, 0.717) is 12.1 Å². The smallest absolute Gasteiger partial charge is 0.258 e. The van der Waals surface area contributed by atoms with Crippen molar-refractivity contribution in [3.63, 3.8) is 0 Å². The van der Waals surface area contributed by atoms with E-state index in [1.54, 1.807) is 29.3 Å². The van der Waals surface area contributed by atoms with Gasteiger partial charge in [-0.2, -0.15) is 0 Å². The van der Waals surface area contributed by atoms with E-state index in [0.717, 1.165) is 38.2 Å². The lowest BCUT2D eigenvalue weighted by atomic mass is 10.0. The van der Waals surface area contributed by atoms with E-state index < -0.39 is 0 Å². The van der Waals surface area contributed by atoms with Gasteiger partial charge in [-0.3, -0.25) is 9.78 Å². The van der Waals surface area contributed by atoms with Crippen LogP contribution < -0.4 is 0 Å². The molecule has 4 aromatic rings. The van der Waals surface area contributed by atoms with E-state index in [1.165, 1.54) is 0 Å². The maximum Gasteiger partial charge on any atom is 0.258 e. The second-order valence-corrected chi connectivity index (χ2v) is 9.02. The minimum atomic E-state index is 0.0265. The first-order valence-electron chi connectivity index (χ1n) is 9.96. The summed E-state index contributed by atoms with van der Waals surface area (Å²) in [7, 11) is 0. The van der Waals surface area contributed by atoms with E-state index >= 15 is 0 Å². The van der Waals surface area contributed by atoms with Gasteiger partial charge in [-0.1, -0.05) is 42.5 Å². The summed E-state index contributed by atoms with van der Waals surface area (Å²) in [6.07, 6.45) is 5.57. The average Bonchev–Trinajstić information content (AvgIpc) is 3.50. The van der Waals surface area contributed by atoms with Crippen molar-refractivity contribution in [1.82, 2.24) is 14.9 Å². The molecule has 0 N–H and O–H groups in total. The molecular weight excluding hydrogens is 422 g/mol. The maximum absolute atomic E-state index is 13.2. The minimum absolute atomic E-state index is 0.0265. The number of rotatable bonds is 4. The Morgan fingerprint density at radius 3 is 2.48 bits per heavy atom. The SMILES string of the molecule is O=C(c1ccc(-c2ccccc2)cc1)N1CCS/C1=C/c1csc(-c2cccnc2)n1. The molecule has 0 unspecified atom stereocenters. The van der Waals surface area contributed by atoms with Crippen molar-refractivity contribution < 1.29 is 4.79 Å². The molecule has 1 aliphatic heterocycles. The molecular formula is C25H19N3OS2. The van der Waals surface area contributed by atoms with Gasteiger partial charge in [0, 0.05) is 41.2 Å². The zero-order chi connectivity index (χ0) is 21.0. The third kappa shape index (κ3) is 4.31. The number of carbonyl (C=O) groups excluding carboxylic acids is 1. The molecule has 2 aromatic heterocycles. The van der Waals surface area contributed by atoms with E-state index in [2.05, 4.69) is 17.1 Å². The third-order valence-electron chi connectivity index (χ3n) is 5.02.